The molecule has 0 bridgehead atoms. The normalized spacial score (nSPS) is 9.34. The lowest BCUT2D eigenvalue weighted by molar-refractivity contribution is 0.804. The van der Waals surface area contributed by atoms with Gasteiger partial charge in [-0.15, -0.1) is 0 Å². The molecule has 0 aliphatic heterocycles. The third-order valence-corrected chi connectivity index (χ3v) is 13.0. The van der Waals surface area contributed by atoms with Crippen LogP contribution in [0.4, 0.5) is 0 Å². The second-order valence-corrected chi connectivity index (χ2v) is 19.5. The molecule has 0 N–H and O–H groups in total. The minimum atomic E-state index is 0.626. The van der Waals surface area contributed by atoms with Crippen molar-refractivity contribution < 1.29 is 0 Å². The van der Waals surface area contributed by atoms with Crippen LogP contribution in [0.1, 0.15) is 159 Å². The Morgan fingerprint density at radius 1 is 0.138 bits per heavy atom. The van der Waals surface area contributed by atoms with Crippen molar-refractivity contribution in [2.75, 3.05) is 0 Å². The third-order valence-electron chi connectivity index (χ3n) is 13.0. The van der Waals surface area contributed by atoms with Gasteiger partial charge in [0.1, 0.15) is 0 Å². The van der Waals surface area contributed by atoms with Crippen LogP contribution in [0, 0.1) is 0 Å². The van der Waals surface area contributed by atoms with Gasteiger partial charge in [-0.1, -0.05) is 434 Å². The van der Waals surface area contributed by atoms with Gasteiger partial charge in [0.25, 0.3) is 0 Å². The molecule has 0 atom stereocenters. The molecule has 0 saturated carbocycles. The minimum absolute atomic E-state index is 0.626. The van der Waals surface area contributed by atoms with Crippen LogP contribution in [0.25, 0.3) is 64.6 Å². The maximum Gasteiger partial charge on any atom is -0.0184 e. The van der Waals surface area contributed by atoms with Crippen molar-refractivity contribution >= 4 is 64.6 Å². The summed E-state index contributed by atoms with van der Waals surface area (Å²) in [4.78, 5) is 0. The lowest BCUT2D eigenvalue weighted by Crippen LogP contribution is -1.98. The Kier molecular flexibility index (Phi) is 42.7. The van der Waals surface area contributed by atoms with Gasteiger partial charge in [0.15, 0.2) is 0 Å². The molecule has 0 heterocycles. The Bertz CT molecular complexity index is 2720. The summed E-state index contributed by atoms with van der Waals surface area (Å²) in [5, 5.41) is 15.7. The van der Waals surface area contributed by atoms with Gasteiger partial charge in [0.2, 0.25) is 0 Å². The molecular weight excluding hydrogens is 1040 g/mol. The van der Waals surface area contributed by atoms with Crippen LogP contribution < -0.4 is 0 Å². The highest BCUT2D eigenvalue weighted by Gasteiger charge is 2.09. The van der Waals surface area contributed by atoms with Gasteiger partial charge in [0.05, 0.1) is 0 Å². The summed E-state index contributed by atoms with van der Waals surface area (Å²) >= 11 is 0. The first-order chi connectivity index (χ1) is 42.7. The molecule has 456 valence electrons. The molecule has 87 heavy (non-hydrogen) atoms. The highest BCUT2D eigenvalue weighted by molar-refractivity contribution is 5.85. The molecule has 0 aromatic heterocycles. The van der Waals surface area contributed by atoms with Gasteiger partial charge in [0, 0.05) is 0 Å². The van der Waals surface area contributed by atoms with Gasteiger partial charge in [-0.25, -0.2) is 0 Å². The van der Waals surface area contributed by atoms with Gasteiger partial charge >= 0.3 is 0 Å². The van der Waals surface area contributed by atoms with E-state index in [1.54, 1.807) is 0 Å². The summed E-state index contributed by atoms with van der Waals surface area (Å²) in [7, 11) is 0. The summed E-state index contributed by atoms with van der Waals surface area (Å²) in [5.74, 6) is 1.88. The van der Waals surface area contributed by atoms with Crippen molar-refractivity contribution in [1.29, 1.82) is 0 Å². The van der Waals surface area contributed by atoms with Crippen molar-refractivity contribution in [2.45, 2.75) is 142 Å². The first-order valence-corrected chi connectivity index (χ1v) is 32.5. The second-order valence-electron chi connectivity index (χ2n) is 19.5. The number of benzene rings is 13. The van der Waals surface area contributed by atoms with Gasteiger partial charge in [-0.05, 0) is 99.1 Å². The molecule has 0 saturated heterocycles. The molecule has 0 heteroatoms. The van der Waals surface area contributed by atoms with E-state index in [0.29, 0.717) is 17.8 Å². The van der Waals surface area contributed by atoms with E-state index < -0.39 is 0 Å². The Morgan fingerprint density at radius 3 is 0.264 bits per heavy atom. The fraction of sp³-hybridized carbons (Fsp3) is 0.241. The summed E-state index contributed by atoms with van der Waals surface area (Å²) in [6.45, 7) is 37.6. The largest absolute Gasteiger partial charge is 0.0683 e. The molecule has 0 amide bonds. The Labute approximate surface area is 530 Å². The van der Waals surface area contributed by atoms with Crippen LogP contribution >= 0.6 is 0 Å². The van der Waals surface area contributed by atoms with Crippen molar-refractivity contribution in [1.82, 2.24) is 0 Å². The summed E-state index contributed by atoms with van der Waals surface area (Å²) in [5.41, 5.74) is 4.43. The standard InChI is InChI=1S/C15H24.6C10H8.6C2H6/c1-10(2)13-7-14(11(3)4)9-15(8-13)12(5)6;6*1-2-6-10-8-4-3-7-9(10)5-1;6*1-2/h7-12H,1-6H3;6*1-8H;6*1-2H3. The van der Waals surface area contributed by atoms with E-state index in [0.717, 1.165) is 0 Å². The molecule has 13 aromatic rings. The first kappa shape index (κ1) is 76.4. The Balaban J connectivity index is 0.000000494. The van der Waals surface area contributed by atoms with Crippen molar-refractivity contribution in [3.63, 3.8) is 0 Å². The molecule has 0 fully saturated rings. The predicted molar refractivity (Wildman–Crippen MR) is 400 cm³/mol. The molecule has 0 unspecified atom stereocenters. The number of rotatable bonds is 3. The lowest BCUT2D eigenvalue weighted by Gasteiger charge is -2.16. The van der Waals surface area contributed by atoms with Crippen LogP contribution in [0.2, 0.25) is 0 Å². The maximum absolute atomic E-state index is 2.36. The van der Waals surface area contributed by atoms with E-state index in [2.05, 4.69) is 351 Å². The molecular formula is C87H108. The molecule has 0 nitrogen and oxygen atoms in total. The Hall–Kier alpha value is -8.58. The van der Waals surface area contributed by atoms with E-state index in [4.69, 9.17) is 0 Å². The van der Waals surface area contributed by atoms with E-state index in [1.165, 1.54) is 81.3 Å². The number of hydrogen-bond donors (Lipinski definition) is 0. The van der Waals surface area contributed by atoms with Crippen molar-refractivity contribution in [2.24, 2.45) is 0 Å². The van der Waals surface area contributed by atoms with Gasteiger partial charge in [-0.2, -0.15) is 0 Å². The highest BCUT2D eigenvalue weighted by Crippen LogP contribution is 2.27. The van der Waals surface area contributed by atoms with Gasteiger partial charge in [-0.3, -0.25) is 0 Å². The molecule has 0 aliphatic carbocycles. The van der Waals surface area contributed by atoms with Crippen LogP contribution in [0.15, 0.2) is 309 Å². The lowest BCUT2D eigenvalue weighted by atomic mass is 9.90. The topological polar surface area (TPSA) is 0 Å². The highest BCUT2D eigenvalue weighted by atomic mass is 14.1. The predicted octanol–water partition coefficient (Wildman–Crippen LogP) is 28.3. The molecule has 13 rings (SSSR count). The number of fused-ring (bicyclic) bond motifs is 6. The third kappa shape index (κ3) is 28.9. The van der Waals surface area contributed by atoms with Crippen LogP contribution in [-0.2, 0) is 0 Å². The fourth-order valence-electron chi connectivity index (χ4n) is 8.50. The number of hydrogen-bond acceptors (Lipinski definition) is 0. The zero-order valence-electron chi connectivity index (χ0n) is 56.7. The molecule has 0 spiro atoms. The molecule has 0 radical (unpaired) electrons. The summed E-state index contributed by atoms with van der Waals surface area (Å²) in [6, 6.07) is 107. The second kappa shape index (κ2) is 48.6. The molecule has 0 aliphatic rings. The van der Waals surface area contributed by atoms with E-state index in [9.17, 15) is 0 Å². The van der Waals surface area contributed by atoms with Crippen LogP contribution in [0.5, 0.6) is 0 Å². The maximum atomic E-state index is 2.36. The fourth-order valence-corrected chi connectivity index (χ4v) is 8.50. The smallest absolute Gasteiger partial charge is 0.0184 e. The minimum Gasteiger partial charge on any atom is -0.0683 e. The first-order valence-electron chi connectivity index (χ1n) is 32.5. The Morgan fingerprint density at radius 2 is 0.207 bits per heavy atom. The SMILES string of the molecule is CC.CC.CC.CC.CC.CC.CC(C)c1cc(C(C)C)cc(C(C)C)c1.c1ccc2ccccc2c1.c1ccc2ccccc2c1.c1ccc2ccccc2c1.c1ccc2ccccc2c1.c1ccc2ccccc2c1.c1ccc2ccccc2c1. The summed E-state index contributed by atoms with van der Waals surface area (Å²) < 4.78 is 0. The van der Waals surface area contributed by atoms with Crippen LogP contribution in [0.3, 0.4) is 0 Å². The van der Waals surface area contributed by atoms with Crippen molar-refractivity contribution in [3.8, 4) is 0 Å². The van der Waals surface area contributed by atoms with Crippen LogP contribution in [-0.4, -0.2) is 0 Å². The molecule has 13 aromatic carbocycles. The zero-order valence-corrected chi connectivity index (χ0v) is 56.7. The summed E-state index contributed by atoms with van der Waals surface area (Å²) in [6.07, 6.45) is 0. The zero-order chi connectivity index (χ0) is 64.5. The average molecular weight is 1150 g/mol. The van der Waals surface area contributed by atoms with E-state index >= 15 is 0 Å². The monoisotopic (exact) mass is 1150 g/mol. The quantitative estimate of drug-likeness (QED) is 0.165. The van der Waals surface area contributed by atoms with E-state index in [-0.39, 0.29) is 0 Å². The van der Waals surface area contributed by atoms with Crippen molar-refractivity contribution in [3.05, 3.63) is 326 Å². The average Bonchev–Trinajstić information content (AvgIpc) is 3.76. The van der Waals surface area contributed by atoms with E-state index in [1.807, 2.05) is 83.1 Å². The van der Waals surface area contributed by atoms with Gasteiger partial charge < -0.3 is 0 Å².